The van der Waals surface area contributed by atoms with Crippen molar-refractivity contribution >= 4 is 11.9 Å². The van der Waals surface area contributed by atoms with Gasteiger partial charge in [0.1, 0.15) is 5.84 Å². The molecule has 0 saturated carbocycles. The predicted octanol–water partition coefficient (Wildman–Crippen LogP) is 2.75. The standard InChI is InChI=1S/C15H21N3O/c1-10(2)18-13(14(16)17-15(18)19)9-11(3)12-7-5-4-6-8-12/h4-8,10-11,13H,9H2,1-3H3,(H2,16,17,19). The Labute approximate surface area is 114 Å². The molecule has 19 heavy (non-hydrogen) atoms. The molecular formula is C15H21N3O. The molecule has 4 nitrogen and oxygen atoms in total. The van der Waals surface area contributed by atoms with Crippen LogP contribution in [0, 0.1) is 0 Å². The summed E-state index contributed by atoms with van der Waals surface area (Å²) in [4.78, 5) is 17.5. The zero-order chi connectivity index (χ0) is 14.0. The second-order valence-corrected chi connectivity index (χ2v) is 5.38. The van der Waals surface area contributed by atoms with Crippen molar-refractivity contribution in [3.8, 4) is 0 Å². The Kier molecular flexibility index (Phi) is 3.88. The fourth-order valence-corrected chi connectivity index (χ4v) is 2.59. The first-order valence-corrected chi connectivity index (χ1v) is 6.72. The van der Waals surface area contributed by atoms with Gasteiger partial charge >= 0.3 is 6.03 Å². The minimum Gasteiger partial charge on any atom is -0.385 e. The summed E-state index contributed by atoms with van der Waals surface area (Å²) in [5.41, 5.74) is 7.17. The predicted molar refractivity (Wildman–Crippen MR) is 77.3 cm³/mol. The van der Waals surface area contributed by atoms with E-state index in [2.05, 4.69) is 24.0 Å². The number of rotatable bonds is 4. The number of carbonyl (C=O) groups is 1. The zero-order valence-electron chi connectivity index (χ0n) is 11.7. The molecule has 0 saturated heterocycles. The second-order valence-electron chi connectivity index (χ2n) is 5.38. The molecule has 1 heterocycles. The van der Waals surface area contributed by atoms with Crippen molar-refractivity contribution in [3.63, 3.8) is 0 Å². The third kappa shape index (κ3) is 2.78. The van der Waals surface area contributed by atoms with Crippen molar-refractivity contribution in [2.75, 3.05) is 0 Å². The molecular weight excluding hydrogens is 238 g/mol. The monoisotopic (exact) mass is 259 g/mol. The number of hydrogen-bond acceptors (Lipinski definition) is 2. The van der Waals surface area contributed by atoms with Gasteiger partial charge in [-0.05, 0) is 31.7 Å². The molecule has 0 fully saturated rings. The highest BCUT2D eigenvalue weighted by atomic mass is 16.2. The van der Waals surface area contributed by atoms with Crippen LogP contribution in [0.15, 0.2) is 35.3 Å². The van der Waals surface area contributed by atoms with Gasteiger partial charge in [-0.1, -0.05) is 37.3 Å². The number of hydrogen-bond donors (Lipinski definition) is 1. The average Bonchev–Trinajstić information content (AvgIpc) is 2.65. The number of nitrogens with two attached hydrogens (primary N) is 1. The molecule has 1 aromatic rings. The Morgan fingerprint density at radius 1 is 1.26 bits per heavy atom. The van der Waals surface area contributed by atoms with Gasteiger partial charge in [-0.25, -0.2) is 4.79 Å². The lowest BCUT2D eigenvalue weighted by atomic mass is 9.93. The van der Waals surface area contributed by atoms with Crippen LogP contribution in [0.25, 0.3) is 0 Å². The summed E-state index contributed by atoms with van der Waals surface area (Å²) in [6, 6.07) is 10.1. The van der Waals surface area contributed by atoms with Crippen LogP contribution < -0.4 is 5.73 Å². The quantitative estimate of drug-likeness (QED) is 0.903. The zero-order valence-corrected chi connectivity index (χ0v) is 11.7. The lowest BCUT2D eigenvalue weighted by Crippen LogP contribution is -2.45. The topological polar surface area (TPSA) is 58.7 Å². The van der Waals surface area contributed by atoms with Crippen LogP contribution in [-0.4, -0.2) is 28.9 Å². The van der Waals surface area contributed by atoms with Gasteiger partial charge in [0.2, 0.25) is 0 Å². The molecule has 2 atom stereocenters. The minimum atomic E-state index is -0.210. The Hall–Kier alpha value is -1.84. The highest BCUT2D eigenvalue weighted by molar-refractivity contribution is 6.02. The molecule has 0 radical (unpaired) electrons. The third-order valence-corrected chi connectivity index (χ3v) is 3.62. The molecule has 0 spiro atoms. The van der Waals surface area contributed by atoms with Crippen molar-refractivity contribution in [2.24, 2.45) is 10.7 Å². The maximum atomic E-state index is 11.8. The SMILES string of the molecule is CC(CC1C(N)=NC(=O)N1C(C)C)c1ccccc1. The highest BCUT2D eigenvalue weighted by Crippen LogP contribution is 2.26. The van der Waals surface area contributed by atoms with E-state index in [4.69, 9.17) is 5.73 Å². The van der Waals surface area contributed by atoms with Crippen molar-refractivity contribution < 1.29 is 4.79 Å². The molecule has 1 aromatic carbocycles. The fourth-order valence-electron chi connectivity index (χ4n) is 2.59. The molecule has 1 aliphatic heterocycles. The van der Waals surface area contributed by atoms with Crippen molar-refractivity contribution in [3.05, 3.63) is 35.9 Å². The average molecular weight is 259 g/mol. The summed E-state index contributed by atoms with van der Waals surface area (Å²) in [5.74, 6) is 0.786. The summed E-state index contributed by atoms with van der Waals surface area (Å²) < 4.78 is 0. The van der Waals surface area contributed by atoms with Crippen molar-refractivity contribution in [2.45, 2.75) is 45.2 Å². The van der Waals surface area contributed by atoms with Crippen LogP contribution in [0.5, 0.6) is 0 Å². The van der Waals surface area contributed by atoms with E-state index in [-0.39, 0.29) is 18.1 Å². The van der Waals surface area contributed by atoms with Crippen molar-refractivity contribution in [1.29, 1.82) is 0 Å². The Morgan fingerprint density at radius 2 is 1.89 bits per heavy atom. The number of amides is 2. The third-order valence-electron chi connectivity index (χ3n) is 3.62. The van der Waals surface area contributed by atoms with Gasteiger partial charge in [0.25, 0.3) is 0 Å². The van der Waals surface area contributed by atoms with E-state index < -0.39 is 0 Å². The van der Waals surface area contributed by atoms with E-state index in [0.29, 0.717) is 11.8 Å². The van der Waals surface area contributed by atoms with E-state index >= 15 is 0 Å². The van der Waals surface area contributed by atoms with Crippen LogP contribution in [0.1, 0.15) is 38.7 Å². The lowest BCUT2D eigenvalue weighted by Gasteiger charge is -2.29. The molecule has 2 N–H and O–H groups in total. The first-order chi connectivity index (χ1) is 9.00. The van der Waals surface area contributed by atoms with E-state index in [1.807, 2.05) is 32.0 Å². The van der Waals surface area contributed by atoms with Gasteiger partial charge in [-0.2, -0.15) is 4.99 Å². The molecule has 0 aromatic heterocycles. The molecule has 2 rings (SSSR count). The highest BCUT2D eigenvalue weighted by Gasteiger charge is 2.35. The van der Waals surface area contributed by atoms with Gasteiger partial charge in [0.15, 0.2) is 0 Å². The van der Waals surface area contributed by atoms with Crippen molar-refractivity contribution in [1.82, 2.24) is 4.90 Å². The Balaban J connectivity index is 2.13. The van der Waals surface area contributed by atoms with Gasteiger partial charge in [0, 0.05) is 6.04 Å². The minimum absolute atomic E-state index is 0.0808. The van der Waals surface area contributed by atoms with Gasteiger partial charge < -0.3 is 10.6 Å². The van der Waals surface area contributed by atoms with Gasteiger partial charge in [-0.3, -0.25) is 0 Å². The summed E-state index contributed by atoms with van der Waals surface area (Å²) in [6.45, 7) is 6.14. The molecule has 0 aliphatic carbocycles. The van der Waals surface area contributed by atoms with Crippen LogP contribution in [-0.2, 0) is 0 Å². The Bertz CT molecular complexity index is 481. The fraction of sp³-hybridized carbons (Fsp3) is 0.467. The molecule has 2 unspecified atom stereocenters. The molecule has 2 amide bonds. The maximum Gasteiger partial charge on any atom is 0.346 e. The number of amidine groups is 1. The summed E-state index contributed by atoms with van der Waals surface area (Å²) in [6.07, 6.45) is 0.809. The lowest BCUT2D eigenvalue weighted by molar-refractivity contribution is 0.185. The first kappa shape index (κ1) is 13.6. The van der Waals surface area contributed by atoms with Crippen LogP contribution in [0.2, 0.25) is 0 Å². The normalized spacial score (nSPS) is 20.8. The van der Waals surface area contributed by atoms with Crippen LogP contribution in [0.4, 0.5) is 4.79 Å². The molecule has 1 aliphatic rings. The van der Waals surface area contributed by atoms with Crippen LogP contribution >= 0.6 is 0 Å². The van der Waals surface area contributed by atoms with E-state index in [1.165, 1.54) is 5.56 Å². The summed E-state index contributed by atoms with van der Waals surface area (Å²) in [7, 11) is 0. The van der Waals surface area contributed by atoms with Gasteiger partial charge in [-0.15, -0.1) is 0 Å². The number of benzene rings is 1. The number of aliphatic imine (C=N–C) groups is 1. The summed E-state index contributed by atoms with van der Waals surface area (Å²) in [5, 5.41) is 0. The van der Waals surface area contributed by atoms with Gasteiger partial charge in [0.05, 0.1) is 6.04 Å². The number of urea groups is 1. The number of carbonyl (C=O) groups excluding carboxylic acids is 1. The van der Waals surface area contributed by atoms with E-state index in [1.54, 1.807) is 4.90 Å². The van der Waals surface area contributed by atoms with E-state index in [9.17, 15) is 4.79 Å². The molecule has 102 valence electrons. The number of nitrogens with zero attached hydrogens (tertiary/aromatic N) is 2. The van der Waals surface area contributed by atoms with E-state index in [0.717, 1.165) is 6.42 Å². The smallest absolute Gasteiger partial charge is 0.346 e. The Morgan fingerprint density at radius 3 is 2.47 bits per heavy atom. The van der Waals surface area contributed by atoms with Crippen LogP contribution in [0.3, 0.4) is 0 Å². The largest absolute Gasteiger partial charge is 0.385 e. The maximum absolute atomic E-state index is 11.8. The first-order valence-electron chi connectivity index (χ1n) is 6.72. The summed E-state index contributed by atoms with van der Waals surface area (Å²) >= 11 is 0. The molecule has 4 heteroatoms. The molecule has 0 bridgehead atoms. The second kappa shape index (κ2) is 5.43.